The third-order valence-electron chi connectivity index (χ3n) is 3.46. The van der Waals surface area contributed by atoms with Crippen LogP contribution in [0.15, 0.2) is 29.8 Å². The maximum absolute atomic E-state index is 13.5. The van der Waals surface area contributed by atoms with Crippen molar-refractivity contribution in [1.29, 1.82) is 0 Å². The average Bonchev–Trinajstić information content (AvgIpc) is 2.85. The van der Waals surface area contributed by atoms with Crippen LogP contribution in [-0.2, 0) is 0 Å². The molecule has 1 aliphatic carbocycles. The minimum atomic E-state index is -0.390. The van der Waals surface area contributed by atoms with Crippen molar-refractivity contribution in [1.82, 2.24) is 5.32 Å². The summed E-state index contributed by atoms with van der Waals surface area (Å²) in [6.07, 6.45) is 6.91. The van der Waals surface area contributed by atoms with E-state index < -0.39 is 5.82 Å². The van der Waals surface area contributed by atoms with Crippen molar-refractivity contribution < 1.29 is 8.78 Å². The van der Waals surface area contributed by atoms with Crippen LogP contribution in [0.2, 0.25) is 0 Å². The second-order valence-electron chi connectivity index (χ2n) is 4.85. The van der Waals surface area contributed by atoms with Gasteiger partial charge >= 0.3 is 0 Å². The van der Waals surface area contributed by atoms with Crippen LogP contribution in [0.1, 0.15) is 44.2 Å². The molecule has 0 saturated carbocycles. The van der Waals surface area contributed by atoms with Crippen molar-refractivity contribution in [2.75, 3.05) is 6.54 Å². The van der Waals surface area contributed by atoms with Gasteiger partial charge in [0.2, 0.25) is 0 Å². The van der Waals surface area contributed by atoms with Crippen molar-refractivity contribution in [3.63, 3.8) is 0 Å². The van der Waals surface area contributed by atoms with E-state index in [1.165, 1.54) is 37.0 Å². The van der Waals surface area contributed by atoms with E-state index in [0.717, 1.165) is 19.0 Å². The molecule has 1 N–H and O–H groups in total. The molecule has 18 heavy (non-hydrogen) atoms. The van der Waals surface area contributed by atoms with Gasteiger partial charge in [0.05, 0.1) is 0 Å². The first-order chi connectivity index (χ1) is 8.66. The molecule has 1 nitrogen and oxygen atoms in total. The molecule has 0 radical (unpaired) electrons. The number of halogens is 2. The Kier molecular flexibility index (Phi) is 4.48. The summed E-state index contributed by atoms with van der Waals surface area (Å²) in [6.45, 7) is 2.67. The molecule has 0 fully saturated rings. The van der Waals surface area contributed by atoms with Gasteiger partial charge in [-0.1, -0.05) is 11.6 Å². The Morgan fingerprint density at radius 1 is 1.33 bits per heavy atom. The first kappa shape index (κ1) is 13.2. The van der Waals surface area contributed by atoms with Crippen molar-refractivity contribution >= 4 is 0 Å². The molecule has 0 saturated heterocycles. The smallest absolute Gasteiger partial charge is 0.128 e. The summed E-state index contributed by atoms with van der Waals surface area (Å²) >= 11 is 0. The van der Waals surface area contributed by atoms with Gasteiger partial charge in [-0.05, 0) is 57.4 Å². The SMILES string of the molecule is CC(NCCC1=CCCC1)c1cc(F)ccc1F. The van der Waals surface area contributed by atoms with Gasteiger partial charge in [0.25, 0.3) is 0 Å². The summed E-state index contributed by atoms with van der Waals surface area (Å²) in [7, 11) is 0. The molecule has 1 aliphatic rings. The van der Waals surface area contributed by atoms with Crippen LogP contribution in [0.5, 0.6) is 0 Å². The van der Waals surface area contributed by atoms with Gasteiger partial charge in [0, 0.05) is 11.6 Å². The zero-order valence-corrected chi connectivity index (χ0v) is 10.7. The third-order valence-corrected chi connectivity index (χ3v) is 3.46. The van der Waals surface area contributed by atoms with Crippen LogP contribution in [0, 0.1) is 11.6 Å². The molecule has 3 heteroatoms. The molecular weight excluding hydrogens is 232 g/mol. The first-order valence-corrected chi connectivity index (χ1v) is 6.53. The summed E-state index contributed by atoms with van der Waals surface area (Å²) in [5.41, 5.74) is 1.88. The molecule has 0 aliphatic heterocycles. The summed E-state index contributed by atoms with van der Waals surface area (Å²) in [4.78, 5) is 0. The third kappa shape index (κ3) is 3.39. The van der Waals surface area contributed by atoms with Gasteiger partial charge in [-0.15, -0.1) is 0 Å². The van der Waals surface area contributed by atoms with E-state index in [0.29, 0.717) is 5.56 Å². The molecule has 1 atom stereocenters. The largest absolute Gasteiger partial charge is 0.310 e. The molecule has 1 unspecified atom stereocenters. The summed E-state index contributed by atoms with van der Waals surface area (Å²) in [6, 6.07) is 3.43. The Morgan fingerprint density at radius 3 is 2.89 bits per heavy atom. The van der Waals surface area contributed by atoms with E-state index in [-0.39, 0.29) is 11.9 Å². The van der Waals surface area contributed by atoms with E-state index in [2.05, 4.69) is 11.4 Å². The minimum Gasteiger partial charge on any atom is -0.310 e. The van der Waals surface area contributed by atoms with Crippen molar-refractivity contribution in [3.05, 3.63) is 47.0 Å². The topological polar surface area (TPSA) is 12.0 Å². The number of hydrogen-bond donors (Lipinski definition) is 1. The summed E-state index contributed by atoms with van der Waals surface area (Å²) < 4.78 is 26.6. The second-order valence-corrected chi connectivity index (χ2v) is 4.85. The lowest BCUT2D eigenvalue weighted by Gasteiger charge is -2.15. The molecule has 2 rings (SSSR count). The van der Waals surface area contributed by atoms with E-state index in [4.69, 9.17) is 0 Å². The van der Waals surface area contributed by atoms with Gasteiger partial charge in [-0.3, -0.25) is 0 Å². The molecule has 1 aromatic rings. The Balaban J connectivity index is 1.86. The molecule has 1 aromatic carbocycles. The molecular formula is C15H19F2N. The van der Waals surface area contributed by atoms with Gasteiger partial charge in [-0.2, -0.15) is 0 Å². The zero-order valence-electron chi connectivity index (χ0n) is 10.7. The molecule has 0 bridgehead atoms. The number of hydrogen-bond acceptors (Lipinski definition) is 1. The van der Waals surface area contributed by atoms with E-state index >= 15 is 0 Å². The molecule has 0 amide bonds. The zero-order chi connectivity index (χ0) is 13.0. The van der Waals surface area contributed by atoms with Gasteiger partial charge in [0.15, 0.2) is 0 Å². The molecule has 0 spiro atoms. The van der Waals surface area contributed by atoms with Crippen LogP contribution in [0.25, 0.3) is 0 Å². The normalized spacial score (nSPS) is 16.7. The predicted octanol–water partition coefficient (Wildman–Crippen LogP) is 4.12. The highest BCUT2D eigenvalue weighted by Crippen LogP contribution is 2.21. The Bertz CT molecular complexity index is 440. The van der Waals surface area contributed by atoms with Crippen LogP contribution in [0.4, 0.5) is 8.78 Å². The average molecular weight is 251 g/mol. The monoisotopic (exact) mass is 251 g/mol. The lowest BCUT2D eigenvalue weighted by atomic mass is 10.1. The summed E-state index contributed by atoms with van der Waals surface area (Å²) in [5.74, 6) is -0.741. The second kappa shape index (κ2) is 6.10. The van der Waals surface area contributed by atoms with E-state index in [1.54, 1.807) is 0 Å². The van der Waals surface area contributed by atoms with Gasteiger partial charge in [-0.25, -0.2) is 8.78 Å². The molecule has 0 heterocycles. The van der Waals surface area contributed by atoms with Crippen LogP contribution in [0.3, 0.4) is 0 Å². The minimum absolute atomic E-state index is 0.164. The van der Waals surface area contributed by atoms with Gasteiger partial charge in [0.1, 0.15) is 11.6 Å². The Morgan fingerprint density at radius 2 is 2.17 bits per heavy atom. The Hall–Kier alpha value is -1.22. The number of rotatable bonds is 5. The fraction of sp³-hybridized carbons (Fsp3) is 0.467. The fourth-order valence-electron chi connectivity index (χ4n) is 2.37. The summed E-state index contributed by atoms with van der Waals surface area (Å²) in [5, 5.41) is 3.25. The van der Waals surface area contributed by atoms with Crippen LogP contribution in [-0.4, -0.2) is 6.54 Å². The Labute approximate surface area is 107 Å². The molecule has 0 aromatic heterocycles. The first-order valence-electron chi connectivity index (χ1n) is 6.53. The highest BCUT2D eigenvalue weighted by Gasteiger charge is 2.12. The number of allylic oxidation sites excluding steroid dienone is 1. The number of benzene rings is 1. The van der Waals surface area contributed by atoms with Crippen molar-refractivity contribution in [2.45, 2.75) is 38.6 Å². The lowest BCUT2D eigenvalue weighted by molar-refractivity contribution is 0.519. The van der Waals surface area contributed by atoms with Crippen molar-refractivity contribution in [3.8, 4) is 0 Å². The van der Waals surface area contributed by atoms with E-state index in [1.807, 2.05) is 6.92 Å². The highest BCUT2D eigenvalue weighted by atomic mass is 19.1. The highest BCUT2D eigenvalue weighted by molar-refractivity contribution is 5.21. The predicted molar refractivity (Wildman–Crippen MR) is 69.3 cm³/mol. The van der Waals surface area contributed by atoms with E-state index in [9.17, 15) is 8.78 Å². The lowest BCUT2D eigenvalue weighted by Crippen LogP contribution is -2.21. The maximum atomic E-state index is 13.5. The maximum Gasteiger partial charge on any atom is 0.128 e. The quantitative estimate of drug-likeness (QED) is 0.776. The fourth-order valence-corrected chi connectivity index (χ4v) is 2.37. The molecule has 98 valence electrons. The number of nitrogens with one attached hydrogen (secondary N) is 1. The van der Waals surface area contributed by atoms with Crippen LogP contribution >= 0.6 is 0 Å². The van der Waals surface area contributed by atoms with Gasteiger partial charge < -0.3 is 5.32 Å². The standard InChI is InChI=1S/C15H19F2N/c1-11(14-10-13(16)6-7-15(14)17)18-9-8-12-4-2-3-5-12/h4,6-7,10-11,18H,2-3,5,8-9H2,1H3. The van der Waals surface area contributed by atoms with Crippen molar-refractivity contribution in [2.24, 2.45) is 0 Å². The van der Waals surface area contributed by atoms with Crippen LogP contribution < -0.4 is 5.32 Å².